The van der Waals surface area contributed by atoms with Crippen molar-refractivity contribution in [2.24, 2.45) is 11.6 Å². The molecular formula is C10H19NO2. The second-order valence-electron chi connectivity index (χ2n) is 3.64. The van der Waals surface area contributed by atoms with Gasteiger partial charge < -0.3 is 10.5 Å². The highest BCUT2D eigenvalue weighted by atomic mass is 16.5. The summed E-state index contributed by atoms with van der Waals surface area (Å²) < 4.78 is 12.7. The van der Waals surface area contributed by atoms with Crippen LogP contribution in [0.1, 0.15) is 39.9 Å². The molecule has 76 valence electrons. The fraction of sp³-hybridized carbons (Fsp3) is 0.900. The molecule has 0 unspecified atom stereocenters. The monoisotopic (exact) mass is 186 g/mol. The van der Waals surface area contributed by atoms with Crippen molar-refractivity contribution < 1.29 is 10.9 Å². The molecular weight excluding hydrogens is 166 g/mol. The Labute approximate surface area is 81.0 Å². The summed E-state index contributed by atoms with van der Waals surface area (Å²) in [6.07, 6.45) is 5.51. The van der Waals surface area contributed by atoms with Crippen molar-refractivity contribution >= 4 is 5.97 Å². The Morgan fingerprint density at radius 3 is 2.77 bits per heavy atom. The SMILES string of the molecule is [2H]C1(C[C@H](N)C(=O)OC)CCCCC1. The maximum Gasteiger partial charge on any atom is 0.322 e. The lowest BCUT2D eigenvalue weighted by atomic mass is 9.85. The molecule has 0 heterocycles. The van der Waals surface area contributed by atoms with E-state index in [1.165, 1.54) is 13.5 Å². The molecule has 0 radical (unpaired) electrons. The standard InChI is InChI=1S/C10H19NO2/c1-13-10(12)9(11)7-8-5-3-2-4-6-8/h8-9H,2-7,11H2,1H3/t9-/m0/s1/i8D. The van der Waals surface area contributed by atoms with Crippen LogP contribution in [0.4, 0.5) is 0 Å². The van der Waals surface area contributed by atoms with Crippen molar-refractivity contribution in [3.63, 3.8) is 0 Å². The second kappa shape index (κ2) is 5.22. The number of hydrogen-bond donors (Lipinski definition) is 1. The van der Waals surface area contributed by atoms with Gasteiger partial charge in [-0.25, -0.2) is 0 Å². The Bertz CT molecular complexity index is 202. The van der Waals surface area contributed by atoms with Gasteiger partial charge in [-0.3, -0.25) is 4.79 Å². The zero-order valence-electron chi connectivity index (χ0n) is 9.21. The van der Waals surface area contributed by atoms with Gasteiger partial charge in [0.2, 0.25) is 0 Å². The normalized spacial score (nSPS) is 24.6. The number of carbonyl (C=O) groups is 1. The fourth-order valence-corrected chi connectivity index (χ4v) is 1.80. The summed E-state index contributed by atoms with van der Waals surface area (Å²) in [5.41, 5.74) is 5.65. The summed E-state index contributed by atoms with van der Waals surface area (Å²) in [5, 5.41) is 0. The van der Waals surface area contributed by atoms with Gasteiger partial charge in [-0.15, -0.1) is 0 Å². The average molecular weight is 186 g/mol. The molecule has 3 heteroatoms. The first-order valence-corrected chi connectivity index (χ1v) is 4.91. The highest BCUT2D eigenvalue weighted by Crippen LogP contribution is 2.26. The molecule has 1 aliphatic rings. The molecule has 1 fully saturated rings. The van der Waals surface area contributed by atoms with Crippen molar-refractivity contribution in [1.29, 1.82) is 0 Å². The van der Waals surface area contributed by atoms with E-state index in [0.29, 0.717) is 6.42 Å². The van der Waals surface area contributed by atoms with E-state index < -0.39 is 17.9 Å². The van der Waals surface area contributed by atoms with Crippen molar-refractivity contribution in [3.8, 4) is 0 Å². The average Bonchev–Trinajstić information content (AvgIpc) is 2.17. The van der Waals surface area contributed by atoms with Gasteiger partial charge in [0, 0.05) is 1.37 Å². The van der Waals surface area contributed by atoms with Crippen LogP contribution in [0.5, 0.6) is 0 Å². The number of esters is 1. The molecule has 1 rings (SSSR count). The molecule has 0 aromatic rings. The third-order valence-electron chi connectivity index (χ3n) is 2.57. The summed E-state index contributed by atoms with van der Waals surface area (Å²) in [5.74, 6) is -0.895. The summed E-state index contributed by atoms with van der Waals surface area (Å²) in [6.45, 7) is 0. The van der Waals surface area contributed by atoms with E-state index in [9.17, 15) is 4.79 Å². The maximum atomic E-state index is 11.1. The molecule has 0 aromatic heterocycles. The minimum atomic E-state index is -0.629. The minimum Gasteiger partial charge on any atom is -0.468 e. The van der Waals surface area contributed by atoms with Crippen LogP contribution in [0.3, 0.4) is 0 Å². The lowest BCUT2D eigenvalue weighted by Gasteiger charge is -2.23. The highest BCUT2D eigenvalue weighted by molar-refractivity contribution is 5.75. The van der Waals surface area contributed by atoms with Crippen LogP contribution in [0.15, 0.2) is 0 Å². The van der Waals surface area contributed by atoms with Crippen LogP contribution < -0.4 is 5.73 Å². The summed E-state index contributed by atoms with van der Waals surface area (Å²) in [6, 6.07) is -0.629. The van der Waals surface area contributed by atoms with Crippen LogP contribution in [-0.4, -0.2) is 19.1 Å². The zero-order chi connectivity index (χ0) is 10.6. The molecule has 1 aliphatic carbocycles. The van der Waals surface area contributed by atoms with Gasteiger partial charge in [-0.2, -0.15) is 0 Å². The predicted molar refractivity (Wildman–Crippen MR) is 51.2 cm³/mol. The van der Waals surface area contributed by atoms with Gasteiger partial charge in [-0.05, 0) is 12.3 Å². The zero-order valence-corrected chi connectivity index (χ0v) is 8.21. The molecule has 3 nitrogen and oxygen atoms in total. The number of hydrogen-bond acceptors (Lipinski definition) is 3. The molecule has 0 aromatic carbocycles. The largest absolute Gasteiger partial charge is 0.468 e. The van der Waals surface area contributed by atoms with E-state index in [4.69, 9.17) is 7.10 Å². The molecule has 0 aliphatic heterocycles. The van der Waals surface area contributed by atoms with Gasteiger partial charge in [0.15, 0.2) is 0 Å². The topological polar surface area (TPSA) is 52.3 Å². The Morgan fingerprint density at radius 2 is 2.23 bits per heavy atom. The van der Waals surface area contributed by atoms with Crippen molar-refractivity contribution in [2.45, 2.75) is 44.6 Å². The van der Waals surface area contributed by atoms with Gasteiger partial charge in [0.1, 0.15) is 6.04 Å². The molecule has 0 amide bonds. The van der Waals surface area contributed by atoms with Crippen LogP contribution in [0.2, 0.25) is 0 Å². The second-order valence-corrected chi connectivity index (χ2v) is 3.64. The summed E-state index contributed by atoms with van der Waals surface area (Å²) >= 11 is 0. The van der Waals surface area contributed by atoms with Crippen molar-refractivity contribution in [2.75, 3.05) is 7.11 Å². The molecule has 1 atom stereocenters. The quantitative estimate of drug-likeness (QED) is 0.679. The minimum absolute atomic E-state index is 0.401. The van der Waals surface area contributed by atoms with Gasteiger partial charge in [0.05, 0.1) is 7.11 Å². The smallest absolute Gasteiger partial charge is 0.322 e. The lowest BCUT2D eigenvalue weighted by Crippen LogP contribution is -2.34. The number of ether oxygens (including phenoxy) is 1. The van der Waals surface area contributed by atoms with E-state index >= 15 is 0 Å². The van der Waals surface area contributed by atoms with E-state index in [-0.39, 0.29) is 0 Å². The van der Waals surface area contributed by atoms with Crippen molar-refractivity contribution in [3.05, 3.63) is 0 Å². The van der Waals surface area contributed by atoms with E-state index in [1.807, 2.05) is 0 Å². The van der Waals surface area contributed by atoms with Crippen LogP contribution >= 0.6 is 0 Å². The molecule has 13 heavy (non-hydrogen) atoms. The Kier molecular flexibility index (Phi) is 3.62. The predicted octanol–water partition coefficient (Wildman–Crippen LogP) is 1.46. The third kappa shape index (κ3) is 3.35. The summed E-state index contributed by atoms with van der Waals surface area (Å²) in [4.78, 5) is 11.1. The molecule has 1 saturated carbocycles. The molecule has 0 saturated heterocycles. The van der Waals surface area contributed by atoms with Crippen LogP contribution in [0.25, 0.3) is 0 Å². The van der Waals surface area contributed by atoms with E-state index in [0.717, 1.165) is 25.7 Å². The first-order valence-electron chi connectivity index (χ1n) is 5.41. The number of rotatable bonds is 3. The first kappa shape index (κ1) is 9.00. The number of methoxy groups -OCH3 is 1. The van der Waals surface area contributed by atoms with Crippen molar-refractivity contribution in [1.82, 2.24) is 0 Å². The van der Waals surface area contributed by atoms with Gasteiger partial charge >= 0.3 is 5.97 Å². The maximum absolute atomic E-state index is 11.1. The molecule has 0 spiro atoms. The Morgan fingerprint density at radius 1 is 1.62 bits per heavy atom. The Hall–Kier alpha value is -0.570. The number of carbonyl (C=O) groups excluding carboxylic acids is 1. The third-order valence-corrected chi connectivity index (χ3v) is 2.57. The molecule has 0 bridgehead atoms. The van der Waals surface area contributed by atoms with Crippen LogP contribution in [-0.2, 0) is 9.53 Å². The number of nitrogens with two attached hydrogens (primary N) is 1. The first-order chi connectivity index (χ1) is 6.57. The van der Waals surface area contributed by atoms with Crippen LogP contribution in [0, 0.1) is 5.89 Å². The summed E-state index contributed by atoms with van der Waals surface area (Å²) in [7, 11) is 1.33. The van der Waals surface area contributed by atoms with Gasteiger partial charge in [0.25, 0.3) is 0 Å². The lowest BCUT2D eigenvalue weighted by molar-refractivity contribution is -0.142. The highest BCUT2D eigenvalue weighted by Gasteiger charge is 2.21. The van der Waals surface area contributed by atoms with E-state index in [2.05, 4.69) is 4.74 Å². The fourth-order valence-electron chi connectivity index (χ4n) is 1.80. The molecule has 2 N–H and O–H groups in total. The van der Waals surface area contributed by atoms with E-state index in [1.54, 1.807) is 0 Å². The Balaban J connectivity index is 2.44. The van der Waals surface area contributed by atoms with Gasteiger partial charge in [-0.1, -0.05) is 32.1 Å².